The zero-order chi connectivity index (χ0) is 18.1. The number of ether oxygens (including phenoxy) is 1. The van der Waals surface area contributed by atoms with Gasteiger partial charge in [0.2, 0.25) is 0 Å². The van der Waals surface area contributed by atoms with E-state index in [0.717, 1.165) is 30.2 Å². The van der Waals surface area contributed by atoms with Crippen molar-refractivity contribution in [3.8, 4) is 5.75 Å². The van der Waals surface area contributed by atoms with E-state index in [9.17, 15) is 4.79 Å². The highest BCUT2D eigenvalue weighted by Crippen LogP contribution is 2.40. The summed E-state index contributed by atoms with van der Waals surface area (Å²) in [6.07, 6.45) is 1.86. The molecule has 0 atom stereocenters. The first-order valence-electron chi connectivity index (χ1n) is 7.44. The molecule has 2 aromatic carbocycles. The zero-order valence-electron chi connectivity index (χ0n) is 13.2. The molecule has 0 bridgehead atoms. The van der Waals surface area contributed by atoms with Crippen LogP contribution in [0.15, 0.2) is 43.7 Å². The van der Waals surface area contributed by atoms with Crippen molar-refractivity contribution >= 4 is 71.0 Å². The first-order valence-corrected chi connectivity index (χ1v) is 9.82. The number of halogens is 3. The SMILES string of the molecule is CN1C(=O)C(=Cc2cc(Br)c(OCCO)c(Br)c2)c2cc(Br)ccc21. The van der Waals surface area contributed by atoms with Gasteiger partial charge in [0.1, 0.15) is 12.4 Å². The minimum Gasteiger partial charge on any atom is -0.489 e. The van der Waals surface area contributed by atoms with Crippen molar-refractivity contribution in [3.63, 3.8) is 0 Å². The number of carbonyl (C=O) groups excluding carboxylic acids is 1. The summed E-state index contributed by atoms with van der Waals surface area (Å²) in [5.41, 5.74) is 3.29. The summed E-state index contributed by atoms with van der Waals surface area (Å²) in [6.45, 7) is 0.152. The lowest BCUT2D eigenvalue weighted by atomic mass is 10.0. The number of carbonyl (C=O) groups is 1. The summed E-state index contributed by atoms with van der Waals surface area (Å²) in [6, 6.07) is 9.56. The van der Waals surface area contributed by atoms with E-state index in [4.69, 9.17) is 9.84 Å². The highest BCUT2D eigenvalue weighted by molar-refractivity contribution is 9.11. The molecule has 130 valence electrons. The van der Waals surface area contributed by atoms with Gasteiger partial charge in [-0.05, 0) is 73.8 Å². The van der Waals surface area contributed by atoms with Gasteiger partial charge in [-0.1, -0.05) is 15.9 Å². The van der Waals surface area contributed by atoms with Gasteiger partial charge < -0.3 is 14.7 Å². The van der Waals surface area contributed by atoms with Gasteiger partial charge in [-0.15, -0.1) is 0 Å². The maximum Gasteiger partial charge on any atom is 0.258 e. The number of benzene rings is 2. The van der Waals surface area contributed by atoms with Gasteiger partial charge in [0, 0.05) is 22.7 Å². The van der Waals surface area contributed by atoms with Crippen LogP contribution in [0.5, 0.6) is 5.75 Å². The fraction of sp³-hybridized carbons (Fsp3) is 0.167. The van der Waals surface area contributed by atoms with Gasteiger partial charge in [0.25, 0.3) is 5.91 Å². The van der Waals surface area contributed by atoms with Crippen molar-refractivity contribution in [2.75, 3.05) is 25.2 Å². The third kappa shape index (κ3) is 3.69. The number of hydrogen-bond donors (Lipinski definition) is 1. The third-order valence-electron chi connectivity index (χ3n) is 3.81. The standard InChI is InChI=1S/C18H14Br3NO3/c1-22-16-3-2-11(19)9-12(16)13(18(22)24)6-10-7-14(20)17(15(21)8-10)25-5-4-23/h2-3,6-9,23H,4-5H2,1H3. The van der Waals surface area contributed by atoms with Gasteiger partial charge in [-0.25, -0.2) is 0 Å². The second kappa shape index (κ2) is 7.61. The number of hydrogen-bond acceptors (Lipinski definition) is 3. The second-order valence-electron chi connectivity index (χ2n) is 5.47. The Bertz CT molecular complexity index is 857. The average molecular weight is 532 g/mol. The lowest BCUT2D eigenvalue weighted by Crippen LogP contribution is -2.20. The Labute approximate surface area is 170 Å². The number of anilines is 1. The van der Waals surface area contributed by atoms with E-state index in [0.29, 0.717) is 11.3 Å². The van der Waals surface area contributed by atoms with E-state index >= 15 is 0 Å². The predicted octanol–water partition coefficient (Wildman–Crippen LogP) is 4.86. The van der Waals surface area contributed by atoms with Crippen LogP contribution in [0.2, 0.25) is 0 Å². The predicted molar refractivity (Wildman–Crippen MR) is 110 cm³/mol. The van der Waals surface area contributed by atoms with E-state index in [1.165, 1.54) is 0 Å². The number of rotatable bonds is 4. The van der Waals surface area contributed by atoms with Gasteiger partial charge in [-0.2, -0.15) is 0 Å². The normalized spacial score (nSPS) is 15.0. The third-order valence-corrected chi connectivity index (χ3v) is 5.49. The molecule has 0 saturated heterocycles. The molecular weight excluding hydrogens is 518 g/mol. The molecule has 7 heteroatoms. The van der Waals surface area contributed by atoms with Gasteiger partial charge in [-0.3, -0.25) is 4.79 Å². The quantitative estimate of drug-likeness (QED) is 0.573. The molecule has 4 nitrogen and oxygen atoms in total. The Morgan fingerprint density at radius 1 is 1.16 bits per heavy atom. The summed E-state index contributed by atoms with van der Waals surface area (Å²) in [7, 11) is 1.77. The van der Waals surface area contributed by atoms with Gasteiger partial charge in [0.15, 0.2) is 0 Å². The molecule has 0 fully saturated rings. The summed E-state index contributed by atoms with van der Waals surface area (Å²) in [4.78, 5) is 14.3. The van der Waals surface area contributed by atoms with Crippen LogP contribution in [0.1, 0.15) is 11.1 Å². The van der Waals surface area contributed by atoms with Gasteiger partial charge >= 0.3 is 0 Å². The molecule has 1 N–H and O–H groups in total. The first-order chi connectivity index (χ1) is 11.9. The van der Waals surface area contributed by atoms with E-state index in [-0.39, 0.29) is 19.1 Å². The van der Waals surface area contributed by atoms with Crippen molar-refractivity contribution in [2.45, 2.75) is 0 Å². The molecule has 0 saturated carbocycles. The van der Waals surface area contributed by atoms with Crippen LogP contribution < -0.4 is 9.64 Å². The lowest BCUT2D eigenvalue weighted by molar-refractivity contribution is -0.112. The monoisotopic (exact) mass is 529 g/mol. The number of nitrogens with zero attached hydrogens (tertiary/aromatic N) is 1. The molecule has 2 aromatic rings. The molecule has 0 spiro atoms. The van der Waals surface area contributed by atoms with Crippen LogP contribution in [0.4, 0.5) is 5.69 Å². The summed E-state index contributed by atoms with van der Waals surface area (Å²) >= 11 is 10.4. The van der Waals surface area contributed by atoms with Crippen molar-refractivity contribution in [2.24, 2.45) is 0 Å². The topological polar surface area (TPSA) is 49.8 Å². The van der Waals surface area contributed by atoms with E-state index in [1.54, 1.807) is 11.9 Å². The van der Waals surface area contributed by atoms with Crippen molar-refractivity contribution in [1.29, 1.82) is 0 Å². The van der Waals surface area contributed by atoms with Crippen LogP contribution in [0.3, 0.4) is 0 Å². The van der Waals surface area contributed by atoms with Crippen molar-refractivity contribution < 1.29 is 14.6 Å². The smallest absolute Gasteiger partial charge is 0.258 e. The first kappa shape index (κ1) is 18.6. The number of aliphatic hydroxyl groups excluding tert-OH is 1. The van der Waals surface area contributed by atoms with E-state index < -0.39 is 0 Å². The molecule has 0 aliphatic carbocycles. The molecule has 0 radical (unpaired) electrons. The molecule has 1 aliphatic rings. The van der Waals surface area contributed by atoms with Crippen molar-refractivity contribution in [1.82, 2.24) is 0 Å². The summed E-state index contributed by atoms with van der Waals surface area (Å²) in [5, 5.41) is 8.91. The Balaban J connectivity index is 2.04. The van der Waals surface area contributed by atoms with E-state index in [1.807, 2.05) is 36.4 Å². The minimum absolute atomic E-state index is 0.0408. The number of aliphatic hydroxyl groups is 1. The zero-order valence-corrected chi connectivity index (χ0v) is 18.0. The molecule has 1 heterocycles. The number of amides is 1. The minimum atomic E-state index is -0.0584. The van der Waals surface area contributed by atoms with Crippen LogP contribution in [0, 0.1) is 0 Å². The lowest BCUT2D eigenvalue weighted by Gasteiger charge is -2.10. The maximum atomic E-state index is 12.6. The second-order valence-corrected chi connectivity index (χ2v) is 8.09. The highest BCUT2D eigenvalue weighted by Gasteiger charge is 2.29. The number of fused-ring (bicyclic) bond motifs is 1. The molecule has 25 heavy (non-hydrogen) atoms. The fourth-order valence-electron chi connectivity index (χ4n) is 2.68. The van der Waals surface area contributed by atoms with Crippen LogP contribution in [0.25, 0.3) is 11.6 Å². The molecule has 1 amide bonds. The molecule has 0 unspecified atom stereocenters. The van der Waals surface area contributed by atoms with E-state index in [2.05, 4.69) is 47.8 Å². The average Bonchev–Trinajstić information content (AvgIpc) is 2.79. The molecule has 0 aromatic heterocycles. The van der Waals surface area contributed by atoms with Crippen molar-refractivity contribution in [3.05, 3.63) is 54.9 Å². The summed E-state index contributed by atoms with van der Waals surface area (Å²) < 4.78 is 7.92. The Kier molecular flexibility index (Phi) is 5.68. The summed E-state index contributed by atoms with van der Waals surface area (Å²) in [5.74, 6) is 0.579. The Morgan fingerprint density at radius 3 is 2.48 bits per heavy atom. The molecule has 3 rings (SSSR count). The van der Waals surface area contributed by atoms with Crippen LogP contribution in [-0.4, -0.2) is 31.3 Å². The highest BCUT2D eigenvalue weighted by atomic mass is 79.9. The Hall–Kier alpha value is -1.15. The largest absolute Gasteiger partial charge is 0.489 e. The van der Waals surface area contributed by atoms with Crippen LogP contribution in [-0.2, 0) is 4.79 Å². The van der Waals surface area contributed by atoms with Crippen LogP contribution >= 0.6 is 47.8 Å². The molecule has 1 aliphatic heterocycles. The number of likely N-dealkylation sites (N-methyl/N-ethyl adjacent to an activating group) is 1. The maximum absolute atomic E-state index is 12.6. The Morgan fingerprint density at radius 2 is 1.84 bits per heavy atom. The molecular formula is C18H14Br3NO3. The van der Waals surface area contributed by atoms with Gasteiger partial charge in [0.05, 0.1) is 21.2 Å². The fourth-order valence-corrected chi connectivity index (χ4v) is 4.49.